The molecule has 2 unspecified atom stereocenters. The summed E-state index contributed by atoms with van der Waals surface area (Å²) in [4.78, 5) is 15.9. The van der Waals surface area contributed by atoms with Crippen LogP contribution >= 0.6 is 0 Å². The van der Waals surface area contributed by atoms with Crippen LogP contribution < -0.4 is 21.7 Å². The molecule has 2 heterocycles. The summed E-state index contributed by atoms with van der Waals surface area (Å²) in [6.45, 7) is 9.67. The third kappa shape index (κ3) is 6.61. The van der Waals surface area contributed by atoms with Gasteiger partial charge in [0.1, 0.15) is 5.75 Å². The van der Waals surface area contributed by atoms with Gasteiger partial charge in [0.25, 0.3) is 0 Å². The maximum absolute atomic E-state index is 13.4. The van der Waals surface area contributed by atoms with Crippen molar-refractivity contribution in [1.82, 2.24) is 15.5 Å². The van der Waals surface area contributed by atoms with Crippen molar-refractivity contribution in [3.63, 3.8) is 0 Å². The smallest absolute Gasteiger partial charge is 0.237 e. The second-order valence-corrected chi connectivity index (χ2v) is 11.1. The molecule has 2 atom stereocenters. The van der Waals surface area contributed by atoms with Crippen molar-refractivity contribution in [3.8, 4) is 5.75 Å². The number of hydrogen-bond donors (Lipinski definition) is 5. The second-order valence-electron chi connectivity index (χ2n) is 11.1. The zero-order valence-corrected chi connectivity index (χ0v) is 23.1. The zero-order valence-electron chi connectivity index (χ0n) is 23.1. The molecule has 0 saturated carbocycles. The number of carbonyl (C=O) groups excluding carboxylic acids is 1. The molecule has 7 nitrogen and oxygen atoms in total. The molecule has 0 radical (unpaired) electrons. The van der Waals surface area contributed by atoms with Gasteiger partial charge >= 0.3 is 0 Å². The Kier molecular flexibility index (Phi) is 8.50. The first-order chi connectivity index (χ1) is 18.9. The number of anilines is 1. The van der Waals surface area contributed by atoms with Gasteiger partial charge in [-0.1, -0.05) is 42.5 Å². The van der Waals surface area contributed by atoms with Crippen LogP contribution in [0.2, 0.25) is 0 Å². The van der Waals surface area contributed by atoms with E-state index in [1.165, 1.54) is 16.7 Å². The summed E-state index contributed by atoms with van der Waals surface area (Å²) >= 11 is 0. The molecule has 0 bridgehead atoms. The van der Waals surface area contributed by atoms with E-state index in [1.54, 1.807) is 12.1 Å². The van der Waals surface area contributed by atoms with Crippen molar-refractivity contribution < 1.29 is 9.90 Å². The molecule has 1 fully saturated rings. The Morgan fingerprint density at radius 3 is 2.49 bits per heavy atom. The molecule has 1 saturated heterocycles. The number of nitrogens with two attached hydrogens (primary N) is 1. The SMILES string of the molecule is Cc1cc(O)cc(C)c1CC(N)C(=O)NC1CCNc2c(CN3CCNCC3)cc(Cc3ccccc3)cc21. The van der Waals surface area contributed by atoms with Crippen molar-refractivity contribution in [2.24, 2.45) is 5.73 Å². The van der Waals surface area contributed by atoms with Gasteiger partial charge in [-0.3, -0.25) is 9.69 Å². The standard InChI is InChI=1S/C32H41N5O2/c1-21-14-26(38)15-22(2)27(21)19-29(33)32(39)36-30-8-9-35-31-25(20-37-12-10-34-11-13-37)17-24(18-28(30)31)16-23-6-4-3-5-7-23/h3-7,14-15,17-18,29-30,34-35,38H,8-13,16,19-20,33H2,1-2H3,(H,36,39). The lowest BCUT2D eigenvalue weighted by atomic mass is 9.90. The second kappa shape index (κ2) is 12.2. The highest BCUT2D eigenvalue weighted by atomic mass is 16.3. The van der Waals surface area contributed by atoms with Gasteiger partial charge in [-0.15, -0.1) is 0 Å². The number of benzene rings is 3. The van der Waals surface area contributed by atoms with Crippen LogP contribution in [0.3, 0.4) is 0 Å². The Labute approximate surface area is 231 Å². The van der Waals surface area contributed by atoms with Crippen LogP contribution in [0.1, 0.15) is 51.4 Å². The first-order valence-corrected chi connectivity index (χ1v) is 14.1. The van der Waals surface area contributed by atoms with E-state index in [2.05, 4.69) is 57.2 Å². The molecular formula is C32H41N5O2. The lowest BCUT2D eigenvalue weighted by molar-refractivity contribution is -0.123. The third-order valence-corrected chi connectivity index (χ3v) is 8.03. The Balaban J connectivity index is 1.39. The monoisotopic (exact) mass is 527 g/mol. The molecule has 6 N–H and O–H groups in total. The van der Waals surface area contributed by atoms with Gasteiger partial charge in [0.05, 0.1) is 12.1 Å². The van der Waals surface area contributed by atoms with Crippen molar-refractivity contribution in [2.75, 3.05) is 38.0 Å². The lowest BCUT2D eigenvalue weighted by Crippen LogP contribution is -2.45. The Hall–Kier alpha value is -3.39. The van der Waals surface area contributed by atoms with E-state index in [0.29, 0.717) is 6.42 Å². The maximum Gasteiger partial charge on any atom is 0.237 e. The van der Waals surface area contributed by atoms with E-state index < -0.39 is 6.04 Å². The number of hydrogen-bond acceptors (Lipinski definition) is 6. The number of carbonyl (C=O) groups is 1. The normalized spacial score (nSPS) is 18.2. The summed E-state index contributed by atoms with van der Waals surface area (Å²) in [5.41, 5.74) is 15.5. The Bertz CT molecular complexity index is 1280. The van der Waals surface area contributed by atoms with Crippen molar-refractivity contribution in [2.45, 2.75) is 51.7 Å². The van der Waals surface area contributed by atoms with E-state index in [1.807, 2.05) is 19.9 Å². The number of nitrogens with one attached hydrogen (secondary N) is 3. The number of phenolic OH excluding ortho intramolecular Hbond substituents is 1. The van der Waals surface area contributed by atoms with Crippen LogP contribution in [0, 0.1) is 13.8 Å². The van der Waals surface area contributed by atoms with E-state index in [4.69, 9.17) is 5.73 Å². The molecule has 5 rings (SSSR count). The number of amides is 1. The van der Waals surface area contributed by atoms with E-state index >= 15 is 0 Å². The van der Waals surface area contributed by atoms with Crippen LogP contribution in [0.5, 0.6) is 5.75 Å². The molecular weight excluding hydrogens is 486 g/mol. The molecule has 0 spiro atoms. The average Bonchev–Trinajstić information content (AvgIpc) is 2.92. The van der Waals surface area contributed by atoms with Gasteiger partial charge in [0.2, 0.25) is 5.91 Å². The van der Waals surface area contributed by atoms with Gasteiger partial charge in [-0.05, 0) is 84.2 Å². The predicted octanol–water partition coefficient (Wildman–Crippen LogP) is 3.55. The lowest BCUT2D eigenvalue weighted by Gasteiger charge is -2.33. The first kappa shape index (κ1) is 27.2. The van der Waals surface area contributed by atoms with Crippen LogP contribution in [-0.4, -0.2) is 54.7 Å². The van der Waals surface area contributed by atoms with Crippen molar-refractivity contribution in [3.05, 3.63) is 93.5 Å². The van der Waals surface area contributed by atoms with Crippen LogP contribution in [0.4, 0.5) is 5.69 Å². The van der Waals surface area contributed by atoms with Gasteiger partial charge in [-0.2, -0.15) is 0 Å². The summed E-state index contributed by atoms with van der Waals surface area (Å²) in [5, 5.41) is 20.3. The highest BCUT2D eigenvalue weighted by Crippen LogP contribution is 2.35. The number of aromatic hydroxyl groups is 1. The van der Waals surface area contributed by atoms with Crippen LogP contribution in [-0.2, 0) is 24.2 Å². The molecule has 7 heteroatoms. The van der Waals surface area contributed by atoms with Gasteiger partial charge < -0.3 is 26.8 Å². The third-order valence-electron chi connectivity index (χ3n) is 8.03. The summed E-state index contributed by atoms with van der Waals surface area (Å²) in [6, 6.07) is 17.8. The molecule has 2 aliphatic rings. The fourth-order valence-corrected chi connectivity index (χ4v) is 5.98. The zero-order chi connectivity index (χ0) is 27.4. The fraction of sp³-hybridized carbons (Fsp3) is 0.406. The Morgan fingerprint density at radius 2 is 1.77 bits per heavy atom. The van der Waals surface area contributed by atoms with Gasteiger partial charge in [0, 0.05) is 45.0 Å². The van der Waals surface area contributed by atoms with E-state index in [9.17, 15) is 9.90 Å². The molecule has 0 aromatic heterocycles. The van der Waals surface area contributed by atoms with E-state index in [-0.39, 0.29) is 17.7 Å². The minimum Gasteiger partial charge on any atom is -0.508 e. The number of piperazine rings is 1. The van der Waals surface area contributed by atoms with Crippen LogP contribution in [0.25, 0.3) is 0 Å². The van der Waals surface area contributed by atoms with Crippen molar-refractivity contribution >= 4 is 11.6 Å². The maximum atomic E-state index is 13.4. The summed E-state index contributed by atoms with van der Waals surface area (Å²) in [6.07, 6.45) is 2.09. The fourth-order valence-electron chi connectivity index (χ4n) is 5.98. The summed E-state index contributed by atoms with van der Waals surface area (Å²) < 4.78 is 0. The molecule has 0 aliphatic carbocycles. The number of fused-ring (bicyclic) bond motifs is 1. The topological polar surface area (TPSA) is 103 Å². The predicted molar refractivity (Wildman–Crippen MR) is 157 cm³/mol. The molecule has 39 heavy (non-hydrogen) atoms. The highest BCUT2D eigenvalue weighted by Gasteiger charge is 2.27. The molecule has 2 aliphatic heterocycles. The largest absolute Gasteiger partial charge is 0.508 e. The number of phenols is 1. The molecule has 3 aromatic carbocycles. The minimum atomic E-state index is -0.668. The van der Waals surface area contributed by atoms with Gasteiger partial charge in [0.15, 0.2) is 0 Å². The Morgan fingerprint density at radius 1 is 1.05 bits per heavy atom. The first-order valence-electron chi connectivity index (χ1n) is 14.1. The highest BCUT2D eigenvalue weighted by molar-refractivity contribution is 5.83. The van der Waals surface area contributed by atoms with Gasteiger partial charge in [-0.25, -0.2) is 0 Å². The number of nitrogens with zero attached hydrogens (tertiary/aromatic N) is 1. The average molecular weight is 528 g/mol. The molecule has 3 aromatic rings. The van der Waals surface area contributed by atoms with Crippen molar-refractivity contribution in [1.29, 1.82) is 0 Å². The minimum absolute atomic E-state index is 0.0979. The quantitative estimate of drug-likeness (QED) is 0.307. The van der Waals surface area contributed by atoms with Crippen LogP contribution in [0.15, 0.2) is 54.6 Å². The summed E-state index contributed by atoms with van der Waals surface area (Å²) in [7, 11) is 0. The number of rotatable bonds is 8. The summed E-state index contributed by atoms with van der Waals surface area (Å²) in [5.74, 6) is 0.0952. The van der Waals surface area contributed by atoms with E-state index in [0.717, 1.165) is 80.1 Å². The molecule has 1 amide bonds. The number of aryl methyl sites for hydroxylation is 2. The molecule has 206 valence electrons.